The predicted molar refractivity (Wildman–Crippen MR) is 40.7 cm³/mol. The number of alkyl halides is 1. The molecule has 0 N–H and O–H groups in total. The fourth-order valence-electron chi connectivity index (χ4n) is 0.953. The van der Waals surface area contributed by atoms with Gasteiger partial charge in [0.1, 0.15) is 0 Å². The van der Waals surface area contributed by atoms with Gasteiger partial charge in [0.15, 0.2) is 0 Å². The van der Waals surface area contributed by atoms with Crippen molar-refractivity contribution in [2.45, 2.75) is 24.5 Å². The maximum absolute atomic E-state index is 5.92. The van der Waals surface area contributed by atoms with E-state index in [1.165, 1.54) is 0 Å². The summed E-state index contributed by atoms with van der Waals surface area (Å²) in [5, 5.41) is 1.11. The summed E-state index contributed by atoms with van der Waals surface area (Å²) in [4.78, 5) is 0. The minimum atomic E-state index is 0.404. The first-order chi connectivity index (χ1) is 3.60. The molecule has 0 amide bonds. The van der Waals surface area contributed by atoms with Crippen molar-refractivity contribution in [2.24, 2.45) is 5.41 Å². The van der Waals surface area contributed by atoms with Crippen LogP contribution in [0.25, 0.3) is 0 Å². The molecule has 1 aliphatic rings. The lowest BCUT2D eigenvalue weighted by molar-refractivity contribution is 0.660. The average Bonchev–Trinajstić information content (AvgIpc) is 2.09. The zero-order valence-electron chi connectivity index (χ0n) is 5.44. The molecule has 0 unspecified atom stereocenters. The predicted octanol–water partition coefficient (Wildman–Crippen LogP) is 2.37. The fourth-order valence-corrected chi connectivity index (χ4v) is 2.99. The standard InChI is InChI=1S/C6H11ClS/c1-6(2)4(7)5(6)8-3/h4-5H,1-3H3/t4-,5-/m0/s1. The Balaban J connectivity index is 2.45. The lowest BCUT2D eigenvalue weighted by Crippen LogP contribution is -1.89. The topological polar surface area (TPSA) is 0 Å². The zero-order valence-corrected chi connectivity index (χ0v) is 7.01. The SMILES string of the molecule is CS[C@H]1[C@H](Cl)C1(C)C. The lowest BCUT2D eigenvalue weighted by atomic mass is 10.2. The van der Waals surface area contributed by atoms with E-state index in [-0.39, 0.29) is 0 Å². The molecule has 48 valence electrons. The molecular formula is C6H11ClS. The highest BCUT2D eigenvalue weighted by Crippen LogP contribution is 2.55. The Bertz CT molecular complexity index is 101. The molecule has 0 aliphatic heterocycles. The second kappa shape index (κ2) is 1.81. The van der Waals surface area contributed by atoms with E-state index in [0.717, 1.165) is 0 Å². The van der Waals surface area contributed by atoms with Crippen LogP contribution < -0.4 is 0 Å². The summed E-state index contributed by atoms with van der Waals surface area (Å²) in [5.74, 6) is 0. The van der Waals surface area contributed by atoms with Gasteiger partial charge in [-0.15, -0.1) is 11.6 Å². The molecule has 1 saturated carbocycles. The van der Waals surface area contributed by atoms with Gasteiger partial charge in [-0.1, -0.05) is 13.8 Å². The molecule has 0 aromatic heterocycles. The van der Waals surface area contributed by atoms with Crippen molar-refractivity contribution < 1.29 is 0 Å². The second-order valence-corrected chi connectivity index (χ2v) is 4.33. The number of thioether (sulfide) groups is 1. The van der Waals surface area contributed by atoms with Crippen LogP contribution >= 0.6 is 23.4 Å². The average molecular weight is 151 g/mol. The normalized spacial score (nSPS) is 42.0. The van der Waals surface area contributed by atoms with Gasteiger partial charge in [0, 0.05) is 5.25 Å². The minimum Gasteiger partial charge on any atom is -0.160 e. The van der Waals surface area contributed by atoms with Crippen LogP contribution in [0.2, 0.25) is 0 Å². The molecular weight excluding hydrogens is 140 g/mol. The Kier molecular flexibility index (Phi) is 1.53. The first kappa shape index (κ1) is 6.76. The Morgan fingerprint density at radius 2 is 1.88 bits per heavy atom. The molecule has 8 heavy (non-hydrogen) atoms. The molecule has 0 aromatic rings. The number of rotatable bonds is 1. The third-order valence-electron chi connectivity index (χ3n) is 1.85. The van der Waals surface area contributed by atoms with E-state index >= 15 is 0 Å². The Morgan fingerprint density at radius 1 is 1.50 bits per heavy atom. The maximum atomic E-state index is 5.92. The smallest absolute Gasteiger partial charge is 0.0522 e. The molecule has 1 fully saturated rings. The molecule has 0 bridgehead atoms. The van der Waals surface area contributed by atoms with Crippen LogP contribution in [0, 0.1) is 5.41 Å². The Morgan fingerprint density at radius 3 is 1.88 bits per heavy atom. The van der Waals surface area contributed by atoms with Crippen LogP contribution in [0.15, 0.2) is 0 Å². The third kappa shape index (κ3) is 0.763. The van der Waals surface area contributed by atoms with E-state index in [4.69, 9.17) is 11.6 Å². The van der Waals surface area contributed by atoms with Crippen molar-refractivity contribution in [2.75, 3.05) is 6.26 Å². The summed E-state index contributed by atoms with van der Waals surface area (Å²) in [7, 11) is 0. The summed E-state index contributed by atoms with van der Waals surface area (Å²) < 4.78 is 0. The van der Waals surface area contributed by atoms with Gasteiger partial charge in [-0.05, 0) is 11.7 Å². The van der Waals surface area contributed by atoms with Gasteiger partial charge in [0.25, 0.3) is 0 Å². The van der Waals surface area contributed by atoms with Crippen LogP contribution in [0.3, 0.4) is 0 Å². The molecule has 0 aromatic carbocycles. The van der Waals surface area contributed by atoms with Crippen molar-refractivity contribution >= 4 is 23.4 Å². The highest BCUT2D eigenvalue weighted by molar-refractivity contribution is 7.99. The van der Waals surface area contributed by atoms with Gasteiger partial charge >= 0.3 is 0 Å². The fraction of sp³-hybridized carbons (Fsp3) is 1.00. The molecule has 0 nitrogen and oxygen atoms in total. The van der Waals surface area contributed by atoms with Crippen molar-refractivity contribution in [3.05, 3.63) is 0 Å². The van der Waals surface area contributed by atoms with Gasteiger partial charge < -0.3 is 0 Å². The van der Waals surface area contributed by atoms with Crippen molar-refractivity contribution in [1.82, 2.24) is 0 Å². The van der Waals surface area contributed by atoms with Crippen LogP contribution in [0.5, 0.6) is 0 Å². The molecule has 1 rings (SSSR count). The molecule has 0 saturated heterocycles. The minimum absolute atomic E-state index is 0.404. The number of hydrogen-bond donors (Lipinski definition) is 0. The van der Waals surface area contributed by atoms with E-state index < -0.39 is 0 Å². The van der Waals surface area contributed by atoms with E-state index in [9.17, 15) is 0 Å². The Labute approximate surface area is 60.0 Å². The maximum Gasteiger partial charge on any atom is 0.0522 e. The first-order valence-corrected chi connectivity index (χ1v) is 4.50. The molecule has 1 aliphatic carbocycles. The summed E-state index contributed by atoms with van der Waals surface area (Å²) in [6, 6.07) is 0. The largest absolute Gasteiger partial charge is 0.160 e. The summed E-state index contributed by atoms with van der Waals surface area (Å²) >= 11 is 7.80. The molecule has 2 heteroatoms. The zero-order chi connectivity index (χ0) is 6.36. The molecule has 0 spiro atoms. The number of halogens is 1. The summed E-state index contributed by atoms with van der Waals surface area (Å²) in [6.45, 7) is 4.43. The van der Waals surface area contributed by atoms with E-state index in [1.54, 1.807) is 0 Å². The van der Waals surface area contributed by atoms with E-state index in [1.807, 2.05) is 11.8 Å². The van der Waals surface area contributed by atoms with Gasteiger partial charge in [-0.2, -0.15) is 11.8 Å². The molecule has 0 heterocycles. The highest BCUT2D eigenvalue weighted by atomic mass is 35.5. The first-order valence-electron chi connectivity index (χ1n) is 2.77. The van der Waals surface area contributed by atoms with Crippen LogP contribution in [0.4, 0.5) is 0 Å². The molecule has 0 radical (unpaired) electrons. The van der Waals surface area contributed by atoms with Crippen LogP contribution in [-0.2, 0) is 0 Å². The van der Waals surface area contributed by atoms with E-state index in [0.29, 0.717) is 16.0 Å². The van der Waals surface area contributed by atoms with Gasteiger partial charge in [-0.3, -0.25) is 0 Å². The molecule has 2 atom stereocenters. The van der Waals surface area contributed by atoms with Gasteiger partial charge in [0.05, 0.1) is 5.38 Å². The number of hydrogen-bond acceptors (Lipinski definition) is 1. The monoisotopic (exact) mass is 150 g/mol. The van der Waals surface area contributed by atoms with Crippen LogP contribution in [0.1, 0.15) is 13.8 Å². The summed E-state index contributed by atoms with van der Waals surface area (Å²) in [5.41, 5.74) is 0.404. The van der Waals surface area contributed by atoms with Crippen LogP contribution in [-0.4, -0.2) is 16.9 Å². The van der Waals surface area contributed by atoms with Crippen molar-refractivity contribution in [1.29, 1.82) is 0 Å². The van der Waals surface area contributed by atoms with Gasteiger partial charge in [-0.25, -0.2) is 0 Å². The lowest BCUT2D eigenvalue weighted by Gasteiger charge is -1.95. The van der Waals surface area contributed by atoms with Crippen molar-refractivity contribution in [3.8, 4) is 0 Å². The van der Waals surface area contributed by atoms with E-state index in [2.05, 4.69) is 20.1 Å². The van der Waals surface area contributed by atoms with Gasteiger partial charge in [0.2, 0.25) is 0 Å². The quantitative estimate of drug-likeness (QED) is 0.518. The van der Waals surface area contributed by atoms with Crippen molar-refractivity contribution in [3.63, 3.8) is 0 Å². The summed E-state index contributed by atoms with van der Waals surface area (Å²) in [6.07, 6.45) is 2.12. The third-order valence-corrected chi connectivity index (χ3v) is 4.21. The Hall–Kier alpha value is 0.640. The highest BCUT2D eigenvalue weighted by Gasteiger charge is 2.56. The second-order valence-electron chi connectivity index (χ2n) is 2.88.